The third kappa shape index (κ3) is 2.34. The zero-order valence-electron chi connectivity index (χ0n) is 10.5. The van der Waals surface area contributed by atoms with Crippen LogP contribution in [-0.4, -0.2) is 18.3 Å². The van der Waals surface area contributed by atoms with Crippen LogP contribution in [-0.2, 0) is 0 Å². The van der Waals surface area contributed by atoms with Crippen molar-refractivity contribution in [3.8, 4) is 16.9 Å². The molecule has 0 saturated carbocycles. The molecule has 0 atom stereocenters. The molecule has 1 N–H and O–H groups in total. The van der Waals surface area contributed by atoms with Crippen molar-refractivity contribution in [1.29, 1.82) is 0 Å². The SMILES string of the molecule is OCCCCCCOc1ccc2cc3cc-3c2c1. The molecule has 2 aliphatic carbocycles. The van der Waals surface area contributed by atoms with E-state index >= 15 is 0 Å². The lowest BCUT2D eigenvalue weighted by Gasteiger charge is -2.06. The van der Waals surface area contributed by atoms with Crippen molar-refractivity contribution in [3.63, 3.8) is 0 Å². The molecule has 18 heavy (non-hydrogen) atoms. The highest BCUT2D eigenvalue weighted by Gasteiger charge is 2.17. The van der Waals surface area contributed by atoms with E-state index in [1.807, 2.05) is 0 Å². The van der Waals surface area contributed by atoms with E-state index < -0.39 is 0 Å². The van der Waals surface area contributed by atoms with Crippen LogP contribution < -0.4 is 4.74 Å². The van der Waals surface area contributed by atoms with E-state index in [1.165, 1.54) is 21.9 Å². The van der Waals surface area contributed by atoms with E-state index in [1.54, 1.807) is 0 Å². The molecular weight excluding hydrogens is 224 g/mol. The third-order valence-electron chi connectivity index (χ3n) is 3.47. The molecule has 0 saturated heterocycles. The number of ether oxygens (including phenoxy) is 1. The first-order valence-corrected chi connectivity index (χ1v) is 6.70. The number of rotatable bonds is 7. The van der Waals surface area contributed by atoms with Gasteiger partial charge in [0.1, 0.15) is 5.75 Å². The highest BCUT2D eigenvalue weighted by atomic mass is 16.5. The quantitative estimate of drug-likeness (QED) is 0.639. The van der Waals surface area contributed by atoms with Crippen LogP contribution in [0, 0.1) is 0 Å². The Kier molecular flexibility index (Phi) is 3.20. The molecule has 2 heteroatoms. The van der Waals surface area contributed by atoms with Crippen molar-refractivity contribution in [2.45, 2.75) is 25.7 Å². The summed E-state index contributed by atoms with van der Waals surface area (Å²) in [5, 5.41) is 11.3. The predicted molar refractivity (Wildman–Crippen MR) is 74.0 cm³/mol. The smallest absolute Gasteiger partial charge is 0.119 e. The van der Waals surface area contributed by atoms with Crippen LogP contribution in [0.5, 0.6) is 5.75 Å². The van der Waals surface area contributed by atoms with Gasteiger partial charge in [0.2, 0.25) is 0 Å². The normalized spacial score (nSPS) is 11.8. The largest absolute Gasteiger partial charge is 0.494 e. The Morgan fingerprint density at radius 3 is 2.72 bits per heavy atom. The van der Waals surface area contributed by atoms with Gasteiger partial charge in [0.25, 0.3) is 0 Å². The van der Waals surface area contributed by atoms with Crippen molar-refractivity contribution in [1.82, 2.24) is 0 Å². The number of hydrogen-bond acceptors (Lipinski definition) is 2. The van der Waals surface area contributed by atoms with Crippen molar-refractivity contribution in [2.75, 3.05) is 13.2 Å². The third-order valence-corrected chi connectivity index (χ3v) is 3.47. The zero-order valence-corrected chi connectivity index (χ0v) is 10.5. The zero-order chi connectivity index (χ0) is 12.4. The van der Waals surface area contributed by atoms with Gasteiger partial charge in [-0.25, -0.2) is 0 Å². The molecule has 0 aromatic heterocycles. The minimum atomic E-state index is 0.302. The van der Waals surface area contributed by atoms with Crippen LogP contribution in [0.4, 0.5) is 0 Å². The molecular formula is C16H18O2. The minimum Gasteiger partial charge on any atom is -0.494 e. The lowest BCUT2D eigenvalue weighted by Crippen LogP contribution is -1.97. The number of aliphatic hydroxyl groups excluding tert-OH is 1. The fourth-order valence-electron chi connectivity index (χ4n) is 2.38. The Morgan fingerprint density at radius 1 is 0.944 bits per heavy atom. The molecule has 0 fully saturated rings. The predicted octanol–water partition coefficient (Wildman–Crippen LogP) is 3.75. The van der Waals surface area contributed by atoms with Gasteiger partial charge >= 0.3 is 0 Å². The molecule has 3 rings (SSSR count). The van der Waals surface area contributed by atoms with Gasteiger partial charge in [-0.1, -0.05) is 12.5 Å². The van der Waals surface area contributed by atoms with Gasteiger partial charge in [-0.05, 0) is 65.4 Å². The van der Waals surface area contributed by atoms with E-state index in [9.17, 15) is 0 Å². The highest BCUT2D eigenvalue weighted by Crippen LogP contribution is 2.44. The number of benzene rings is 2. The molecule has 94 valence electrons. The Labute approximate surface area is 107 Å². The Balaban J connectivity index is 1.51. The second kappa shape index (κ2) is 4.99. The summed E-state index contributed by atoms with van der Waals surface area (Å²) in [5.41, 5.74) is 2.77. The lowest BCUT2D eigenvalue weighted by molar-refractivity contribution is 0.273. The highest BCUT2D eigenvalue weighted by molar-refractivity contribution is 6.09. The van der Waals surface area contributed by atoms with Gasteiger partial charge in [0.15, 0.2) is 0 Å². The van der Waals surface area contributed by atoms with Crippen molar-refractivity contribution >= 4 is 10.8 Å². The summed E-state index contributed by atoms with van der Waals surface area (Å²) in [6.07, 6.45) is 4.18. The monoisotopic (exact) mass is 242 g/mol. The molecule has 2 aliphatic rings. The average Bonchev–Trinajstić information content (AvgIpc) is 3.07. The van der Waals surface area contributed by atoms with Gasteiger partial charge in [-0.2, -0.15) is 0 Å². The Hall–Kier alpha value is -1.54. The van der Waals surface area contributed by atoms with Crippen LogP contribution in [0.25, 0.3) is 21.9 Å². The molecule has 0 unspecified atom stereocenters. The summed E-state index contributed by atoms with van der Waals surface area (Å²) in [6, 6.07) is 10.8. The second-order valence-corrected chi connectivity index (χ2v) is 4.89. The molecule has 2 nitrogen and oxygen atoms in total. The molecule has 1 aromatic carbocycles. The summed E-state index contributed by atoms with van der Waals surface area (Å²) in [7, 11) is 0. The first-order valence-electron chi connectivity index (χ1n) is 6.70. The molecule has 0 bridgehead atoms. The van der Waals surface area contributed by atoms with Crippen LogP contribution in [0.2, 0.25) is 0 Å². The Morgan fingerprint density at radius 2 is 1.83 bits per heavy atom. The molecule has 0 radical (unpaired) electrons. The van der Waals surface area contributed by atoms with Crippen molar-refractivity contribution in [2.24, 2.45) is 0 Å². The Bertz CT molecular complexity index is 560. The average molecular weight is 242 g/mol. The van der Waals surface area contributed by atoms with E-state index in [0.717, 1.165) is 38.0 Å². The molecule has 0 aliphatic heterocycles. The number of hydrogen-bond donors (Lipinski definition) is 1. The summed E-state index contributed by atoms with van der Waals surface area (Å²) >= 11 is 0. The van der Waals surface area contributed by atoms with Crippen LogP contribution in [0.1, 0.15) is 25.7 Å². The van der Waals surface area contributed by atoms with E-state index in [2.05, 4.69) is 30.3 Å². The van der Waals surface area contributed by atoms with Gasteiger partial charge in [-0.15, -0.1) is 0 Å². The van der Waals surface area contributed by atoms with Crippen LogP contribution >= 0.6 is 0 Å². The summed E-state index contributed by atoms with van der Waals surface area (Å²) in [5.74, 6) is 0.971. The maximum Gasteiger partial charge on any atom is 0.119 e. The van der Waals surface area contributed by atoms with Crippen LogP contribution in [0.15, 0.2) is 30.3 Å². The fourth-order valence-corrected chi connectivity index (χ4v) is 2.38. The van der Waals surface area contributed by atoms with Crippen molar-refractivity contribution in [3.05, 3.63) is 30.3 Å². The van der Waals surface area contributed by atoms with Gasteiger partial charge in [0, 0.05) is 6.61 Å². The lowest BCUT2D eigenvalue weighted by atomic mass is 10.2. The van der Waals surface area contributed by atoms with E-state index in [-0.39, 0.29) is 0 Å². The topological polar surface area (TPSA) is 29.5 Å². The fraction of sp³-hybridized carbons (Fsp3) is 0.375. The molecule has 1 aromatic rings. The first-order chi connectivity index (χ1) is 8.88. The van der Waals surface area contributed by atoms with Gasteiger partial charge in [-0.3, -0.25) is 0 Å². The first kappa shape index (κ1) is 11.5. The number of unbranched alkanes of at least 4 members (excludes halogenated alkanes) is 3. The van der Waals surface area contributed by atoms with Gasteiger partial charge < -0.3 is 9.84 Å². The molecule has 0 amide bonds. The van der Waals surface area contributed by atoms with E-state index in [4.69, 9.17) is 9.84 Å². The summed E-state index contributed by atoms with van der Waals surface area (Å²) in [4.78, 5) is 0. The maximum absolute atomic E-state index is 8.68. The van der Waals surface area contributed by atoms with Gasteiger partial charge in [0.05, 0.1) is 6.61 Å². The summed E-state index contributed by atoms with van der Waals surface area (Å²) in [6.45, 7) is 1.07. The number of fused-ring (bicyclic) bond motifs is 3. The standard InChI is InChI=1S/C16H18O2/c17-7-3-1-2-4-8-18-14-6-5-12-9-13-10-15(13)16(12)11-14/h5-6,9-11,17H,1-4,7-8H2. The van der Waals surface area contributed by atoms with Crippen LogP contribution in [0.3, 0.4) is 0 Å². The molecule has 0 spiro atoms. The maximum atomic E-state index is 8.68. The minimum absolute atomic E-state index is 0.302. The number of aliphatic hydroxyl groups is 1. The van der Waals surface area contributed by atoms with Crippen molar-refractivity contribution < 1.29 is 9.84 Å². The summed E-state index contributed by atoms with van der Waals surface area (Å²) < 4.78 is 5.77. The molecule has 0 heterocycles. The van der Waals surface area contributed by atoms with E-state index in [0.29, 0.717) is 6.61 Å². The second-order valence-electron chi connectivity index (χ2n) is 4.89.